The predicted octanol–water partition coefficient (Wildman–Crippen LogP) is 0.470. The van der Waals surface area contributed by atoms with Gasteiger partial charge in [-0.3, -0.25) is 4.79 Å². The van der Waals surface area contributed by atoms with Crippen LogP contribution in [0.25, 0.3) is 0 Å². The third kappa shape index (κ3) is 1.40. The van der Waals surface area contributed by atoms with Gasteiger partial charge in [-0.25, -0.2) is 0 Å². The highest BCUT2D eigenvalue weighted by atomic mass is 16.1. The summed E-state index contributed by atoms with van der Waals surface area (Å²) < 4.78 is 0. The first-order valence-corrected chi connectivity index (χ1v) is 5.15. The minimum atomic E-state index is 0.412. The Morgan fingerprint density at radius 3 is 2.92 bits per heavy atom. The number of carbonyl (C=O) groups is 1. The topological polar surface area (TPSA) is 33.7 Å². The van der Waals surface area contributed by atoms with Crippen molar-refractivity contribution in [1.82, 2.24) is 0 Å². The summed E-state index contributed by atoms with van der Waals surface area (Å²) in [6, 6.07) is 1.17. The fraction of sp³-hybridized carbons (Fsp3) is 0.900. The molecule has 2 aliphatic rings. The van der Waals surface area contributed by atoms with Crippen molar-refractivity contribution >= 4 is 5.78 Å². The van der Waals surface area contributed by atoms with Crippen LogP contribution in [0.5, 0.6) is 0 Å². The number of hydrogen-bond acceptors (Lipinski definition) is 1. The minimum Gasteiger partial charge on any atom is -0.341 e. The van der Waals surface area contributed by atoms with Gasteiger partial charge in [0.15, 0.2) is 0 Å². The summed E-state index contributed by atoms with van der Waals surface area (Å²) in [7, 11) is 0. The average Bonchev–Trinajstić information content (AvgIpc) is 2.04. The summed E-state index contributed by atoms with van der Waals surface area (Å²) in [5, 5.41) is 2.42. The number of piperidine rings is 1. The van der Waals surface area contributed by atoms with E-state index >= 15 is 0 Å². The quantitative estimate of drug-likeness (QED) is 0.560. The summed E-state index contributed by atoms with van der Waals surface area (Å²) in [5.41, 5.74) is 0. The van der Waals surface area contributed by atoms with E-state index in [4.69, 9.17) is 0 Å². The molecule has 1 aliphatic heterocycles. The summed E-state index contributed by atoms with van der Waals surface area (Å²) in [4.78, 5) is 11.6. The SMILES string of the molecule is C[C@H]1CC(=O)[C@H]2CCCC[C@@H]2[NH2+]1. The molecule has 1 saturated heterocycles. The molecule has 0 aromatic heterocycles. The highest BCUT2D eigenvalue weighted by Gasteiger charge is 2.39. The lowest BCUT2D eigenvalue weighted by Crippen LogP contribution is -2.98. The highest BCUT2D eigenvalue weighted by molar-refractivity contribution is 5.82. The largest absolute Gasteiger partial charge is 0.341 e. The number of rotatable bonds is 0. The summed E-state index contributed by atoms with van der Waals surface area (Å²) in [6.07, 6.45) is 5.83. The Morgan fingerprint density at radius 1 is 1.33 bits per heavy atom. The van der Waals surface area contributed by atoms with Crippen LogP contribution in [0.3, 0.4) is 0 Å². The van der Waals surface area contributed by atoms with Crippen LogP contribution in [0, 0.1) is 5.92 Å². The molecule has 1 heterocycles. The van der Waals surface area contributed by atoms with Gasteiger partial charge in [0.25, 0.3) is 0 Å². The Balaban J connectivity index is 2.06. The van der Waals surface area contributed by atoms with Gasteiger partial charge in [0.2, 0.25) is 0 Å². The van der Waals surface area contributed by atoms with Crippen LogP contribution < -0.4 is 5.32 Å². The van der Waals surface area contributed by atoms with Gasteiger partial charge in [-0.2, -0.15) is 0 Å². The maximum absolute atomic E-state index is 11.6. The Labute approximate surface area is 73.7 Å². The van der Waals surface area contributed by atoms with Gasteiger partial charge < -0.3 is 5.32 Å². The van der Waals surface area contributed by atoms with Crippen molar-refractivity contribution in [2.75, 3.05) is 0 Å². The zero-order chi connectivity index (χ0) is 8.55. The lowest BCUT2D eigenvalue weighted by Gasteiger charge is -2.34. The van der Waals surface area contributed by atoms with Crippen LogP contribution in [0.4, 0.5) is 0 Å². The van der Waals surface area contributed by atoms with Gasteiger partial charge >= 0.3 is 0 Å². The van der Waals surface area contributed by atoms with Crippen molar-refractivity contribution < 1.29 is 10.1 Å². The second-order valence-electron chi connectivity index (χ2n) is 4.39. The Kier molecular flexibility index (Phi) is 2.18. The second kappa shape index (κ2) is 3.17. The van der Waals surface area contributed by atoms with Gasteiger partial charge in [0, 0.05) is 6.42 Å². The van der Waals surface area contributed by atoms with E-state index in [0.29, 0.717) is 23.8 Å². The van der Waals surface area contributed by atoms with Crippen LogP contribution in [-0.4, -0.2) is 17.9 Å². The maximum atomic E-state index is 11.6. The molecule has 2 nitrogen and oxygen atoms in total. The van der Waals surface area contributed by atoms with E-state index in [1.54, 1.807) is 0 Å². The molecule has 0 unspecified atom stereocenters. The van der Waals surface area contributed by atoms with Crippen LogP contribution in [0.2, 0.25) is 0 Å². The number of nitrogens with two attached hydrogens (primary N) is 1. The Hall–Kier alpha value is -0.370. The van der Waals surface area contributed by atoms with E-state index < -0.39 is 0 Å². The Bertz CT molecular complexity index is 190. The van der Waals surface area contributed by atoms with E-state index in [0.717, 1.165) is 12.8 Å². The zero-order valence-corrected chi connectivity index (χ0v) is 7.75. The summed E-state index contributed by atoms with van der Waals surface area (Å²) in [5.74, 6) is 0.949. The lowest BCUT2D eigenvalue weighted by molar-refractivity contribution is -0.728. The van der Waals surface area contributed by atoms with Crippen molar-refractivity contribution in [3.63, 3.8) is 0 Å². The smallest absolute Gasteiger partial charge is 0.147 e. The van der Waals surface area contributed by atoms with Gasteiger partial charge in [0.05, 0.1) is 24.4 Å². The molecule has 1 aliphatic carbocycles. The number of Topliss-reactive ketones (excluding diaryl/α,β-unsaturated/α-hetero) is 1. The molecule has 0 bridgehead atoms. The number of hydrogen-bond donors (Lipinski definition) is 1. The molecule has 0 aromatic rings. The molecule has 68 valence electrons. The third-order valence-corrected chi connectivity index (χ3v) is 3.33. The van der Waals surface area contributed by atoms with Gasteiger partial charge in [0.1, 0.15) is 5.78 Å². The fourth-order valence-electron chi connectivity index (χ4n) is 2.75. The fourth-order valence-corrected chi connectivity index (χ4v) is 2.75. The molecule has 2 rings (SSSR count). The van der Waals surface area contributed by atoms with Crippen LogP contribution in [0.15, 0.2) is 0 Å². The van der Waals surface area contributed by atoms with Gasteiger partial charge in [-0.15, -0.1) is 0 Å². The molecular formula is C10H18NO+. The predicted molar refractivity (Wildman–Crippen MR) is 46.8 cm³/mol. The maximum Gasteiger partial charge on any atom is 0.147 e. The van der Waals surface area contributed by atoms with Crippen molar-refractivity contribution in [3.8, 4) is 0 Å². The van der Waals surface area contributed by atoms with Crippen LogP contribution in [-0.2, 0) is 4.79 Å². The number of carbonyl (C=O) groups excluding carboxylic acids is 1. The zero-order valence-electron chi connectivity index (χ0n) is 7.75. The summed E-state index contributed by atoms with van der Waals surface area (Å²) >= 11 is 0. The number of quaternary nitrogens is 1. The normalized spacial score (nSPS) is 42.4. The molecular weight excluding hydrogens is 150 g/mol. The van der Waals surface area contributed by atoms with E-state index in [1.807, 2.05) is 0 Å². The molecule has 2 fully saturated rings. The van der Waals surface area contributed by atoms with Crippen LogP contribution in [0.1, 0.15) is 39.0 Å². The second-order valence-corrected chi connectivity index (χ2v) is 4.39. The van der Waals surface area contributed by atoms with E-state index in [9.17, 15) is 4.79 Å². The molecule has 0 spiro atoms. The molecule has 2 N–H and O–H groups in total. The van der Waals surface area contributed by atoms with Crippen molar-refractivity contribution in [3.05, 3.63) is 0 Å². The first kappa shape index (κ1) is 8.24. The molecule has 12 heavy (non-hydrogen) atoms. The van der Waals surface area contributed by atoms with Crippen molar-refractivity contribution in [2.24, 2.45) is 5.92 Å². The molecule has 0 aromatic carbocycles. The van der Waals surface area contributed by atoms with Gasteiger partial charge in [-0.05, 0) is 19.8 Å². The molecule has 2 heteroatoms. The van der Waals surface area contributed by atoms with Crippen molar-refractivity contribution in [1.29, 1.82) is 0 Å². The van der Waals surface area contributed by atoms with E-state index in [1.165, 1.54) is 19.3 Å². The van der Waals surface area contributed by atoms with Crippen LogP contribution >= 0.6 is 0 Å². The molecule has 0 radical (unpaired) electrons. The average molecular weight is 168 g/mol. The monoisotopic (exact) mass is 168 g/mol. The molecule has 1 saturated carbocycles. The van der Waals surface area contributed by atoms with Gasteiger partial charge in [-0.1, -0.05) is 6.42 Å². The standard InChI is InChI=1S/C10H17NO/c1-7-6-10(12)8-4-2-3-5-9(8)11-7/h7-9,11H,2-6H2,1H3/p+1/t7-,8-,9-/m0/s1. The highest BCUT2D eigenvalue weighted by Crippen LogP contribution is 2.26. The number of fused-ring (bicyclic) bond motifs is 1. The van der Waals surface area contributed by atoms with E-state index in [2.05, 4.69) is 12.2 Å². The minimum absolute atomic E-state index is 0.412. The lowest BCUT2D eigenvalue weighted by atomic mass is 9.77. The first-order valence-electron chi connectivity index (χ1n) is 5.15. The molecule has 3 atom stereocenters. The third-order valence-electron chi connectivity index (χ3n) is 3.33. The number of ketones is 1. The first-order chi connectivity index (χ1) is 5.77. The van der Waals surface area contributed by atoms with E-state index in [-0.39, 0.29) is 0 Å². The summed E-state index contributed by atoms with van der Waals surface area (Å²) in [6.45, 7) is 2.17. The van der Waals surface area contributed by atoms with Crippen molar-refractivity contribution in [2.45, 2.75) is 51.1 Å². The molecule has 0 amide bonds. The Morgan fingerprint density at radius 2 is 2.08 bits per heavy atom.